The molecule has 0 saturated carbocycles. The molecule has 0 bridgehead atoms. The molecule has 1 amide bonds. The van der Waals surface area contributed by atoms with Crippen LogP contribution in [-0.2, 0) is 17.8 Å². The lowest BCUT2D eigenvalue weighted by molar-refractivity contribution is 0.0710. The summed E-state index contributed by atoms with van der Waals surface area (Å²) >= 11 is 1.57. The lowest BCUT2D eigenvalue weighted by Crippen LogP contribution is -2.31. The zero-order valence-electron chi connectivity index (χ0n) is 13.2. The van der Waals surface area contributed by atoms with E-state index in [0.717, 1.165) is 29.0 Å². The number of ether oxygens (including phenoxy) is 1. The fourth-order valence-electron chi connectivity index (χ4n) is 2.95. The van der Waals surface area contributed by atoms with Gasteiger partial charge < -0.3 is 14.7 Å². The highest BCUT2D eigenvalue weighted by atomic mass is 32.1. The van der Waals surface area contributed by atoms with Gasteiger partial charge in [0, 0.05) is 25.0 Å². The number of rotatable bonds is 5. The number of aliphatic hydroxyl groups is 1. The fraction of sp³-hybridized carbons (Fsp3) is 0.389. The molecule has 5 heteroatoms. The quantitative estimate of drug-likeness (QED) is 0.916. The van der Waals surface area contributed by atoms with Gasteiger partial charge in [0.05, 0.1) is 24.1 Å². The molecule has 0 fully saturated rings. The largest absolute Gasteiger partial charge is 0.396 e. The van der Waals surface area contributed by atoms with Crippen LogP contribution < -0.4 is 0 Å². The molecule has 1 aromatic heterocycles. The van der Waals surface area contributed by atoms with Crippen molar-refractivity contribution < 1.29 is 14.6 Å². The van der Waals surface area contributed by atoms with Crippen molar-refractivity contribution in [1.82, 2.24) is 4.90 Å². The molecule has 1 atom stereocenters. The number of amides is 1. The van der Waals surface area contributed by atoms with Crippen LogP contribution in [0.15, 0.2) is 36.4 Å². The number of hydrogen-bond donors (Lipinski definition) is 1. The number of aliphatic hydroxyl groups excluding tert-OH is 1. The molecular formula is C18H21NO3S. The van der Waals surface area contributed by atoms with Gasteiger partial charge in [-0.3, -0.25) is 4.79 Å². The Morgan fingerprint density at radius 1 is 1.39 bits per heavy atom. The van der Waals surface area contributed by atoms with Gasteiger partial charge in [0.1, 0.15) is 0 Å². The average Bonchev–Trinajstić information content (AvgIpc) is 3.03. The van der Waals surface area contributed by atoms with Crippen LogP contribution in [0.25, 0.3) is 0 Å². The van der Waals surface area contributed by atoms with Gasteiger partial charge in [-0.15, -0.1) is 11.3 Å². The monoisotopic (exact) mass is 331 g/mol. The lowest BCUT2D eigenvalue weighted by atomic mass is 10.0. The molecule has 1 aromatic carbocycles. The van der Waals surface area contributed by atoms with Crippen LogP contribution in [0.2, 0.25) is 0 Å². The Morgan fingerprint density at radius 2 is 2.17 bits per heavy atom. The van der Waals surface area contributed by atoms with E-state index in [2.05, 4.69) is 0 Å². The second kappa shape index (κ2) is 7.25. The molecule has 1 aliphatic heterocycles. The van der Waals surface area contributed by atoms with Gasteiger partial charge in [0.25, 0.3) is 5.91 Å². The predicted octanol–water partition coefficient (Wildman–Crippen LogP) is 3.02. The maximum absolute atomic E-state index is 12.9. The van der Waals surface area contributed by atoms with Crippen molar-refractivity contribution in [2.45, 2.75) is 25.5 Å². The van der Waals surface area contributed by atoms with Crippen molar-refractivity contribution in [3.05, 3.63) is 57.3 Å². The molecule has 2 aromatic rings. The Balaban J connectivity index is 1.83. The summed E-state index contributed by atoms with van der Waals surface area (Å²) in [5.74, 6) is 0.00621. The highest BCUT2D eigenvalue weighted by molar-refractivity contribution is 7.14. The molecular weight excluding hydrogens is 310 g/mol. The number of benzene rings is 1. The summed E-state index contributed by atoms with van der Waals surface area (Å²) in [6, 6.07) is 11.7. The predicted molar refractivity (Wildman–Crippen MR) is 90.7 cm³/mol. The summed E-state index contributed by atoms with van der Waals surface area (Å²) in [5.41, 5.74) is 2.18. The molecule has 1 N–H and O–H groups in total. The van der Waals surface area contributed by atoms with E-state index in [4.69, 9.17) is 4.74 Å². The standard InChI is InChI=1S/C18H21NO3S/c1-19(15(7-9-20)13-5-3-2-4-6-13)18(21)17-11-14-12-22-10-8-16(14)23-17/h2-6,11,15,20H,7-10,12H2,1H3. The minimum Gasteiger partial charge on any atom is -0.396 e. The third-order valence-electron chi connectivity index (χ3n) is 4.21. The van der Waals surface area contributed by atoms with Gasteiger partial charge in [0.2, 0.25) is 0 Å². The zero-order valence-corrected chi connectivity index (χ0v) is 14.0. The topological polar surface area (TPSA) is 49.8 Å². The lowest BCUT2D eigenvalue weighted by Gasteiger charge is -2.28. The molecule has 1 unspecified atom stereocenters. The number of carbonyl (C=O) groups excluding carboxylic acids is 1. The van der Waals surface area contributed by atoms with Crippen molar-refractivity contribution in [1.29, 1.82) is 0 Å². The van der Waals surface area contributed by atoms with E-state index in [1.54, 1.807) is 16.2 Å². The molecule has 0 aliphatic carbocycles. The summed E-state index contributed by atoms with van der Waals surface area (Å²) in [6.45, 7) is 1.38. The Morgan fingerprint density at radius 3 is 2.87 bits per heavy atom. The highest BCUT2D eigenvalue weighted by Crippen LogP contribution is 2.30. The first-order chi connectivity index (χ1) is 11.2. The average molecular weight is 331 g/mol. The first kappa shape index (κ1) is 16.2. The van der Waals surface area contributed by atoms with Crippen LogP contribution >= 0.6 is 11.3 Å². The van der Waals surface area contributed by atoms with Crippen LogP contribution in [-0.4, -0.2) is 36.2 Å². The van der Waals surface area contributed by atoms with E-state index >= 15 is 0 Å². The van der Waals surface area contributed by atoms with Crippen LogP contribution in [0.3, 0.4) is 0 Å². The number of thiophene rings is 1. The molecule has 0 saturated heterocycles. The van der Waals surface area contributed by atoms with Gasteiger partial charge in [0.15, 0.2) is 0 Å². The molecule has 122 valence electrons. The normalized spacial score (nSPS) is 15.0. The van der Waals surface area contributed by atoms with Crippen molar-refractivity contribution in [2.75, 3.05) is 20.3 Å². The maximum atomic E-state index is 12.9. The number of nitrogens with zero attached hydrogens (tertiary/aromatic N) is 1. The second-order valence-electron chi connectivity index (χ2n) is 5.72. The molecule has 0 radical (unpaired) electrons. The molecule has 4 nitrogen and oxygen atoms in total. The Kier molecular flexibility index (Phi) is 5.10. The minimum absolute atomic E-state index is 0.00621. The Hall–Kier alpha value is -1.69. The van der Waals surface area contributed by atoms with Crippen LogP contribution in [0.5, 0.6) is 0 Å². The van der Waals surface area contributed by atoms with Gasteiger partial charge >= 0.3 is 0 Å². The van der Waals surface area contributed by atoms with Crippen molar-refractivity contribution >= 4 is 17.2 Å². The summed E-state index contributed by atoms with van der Waals surface area (Å²) in [5, 5.41) is 9.38. The minimum atomic E-state index is -0.121. The second-order valence-corrected chi connectivity index (χ2v) is 6.85. The van der Waals surface area contributed by atoms with Crippen LogP contribution in [0.1, 0.15) is 38.1 Å². The van der Waals surface area contributed by atoms with E-state index in [1.165, 1.54) is 4.88 Å². The molecule has 3 rings (SSSR count). The molecule has 23 heavy (non-hydrogen) atoms. The fourth-order valence-corrected chi connectivity index (χ4v) is 4.08. The molecule has 1 aliphatic rings. The van der Waals surface area contributed by atoms with Crippen LogP contribution in [0, 0.1) is 0 Å². The summed E-state index contributed by atoms with van der Waals surface area (Å²) in [4.78, 5) is 16.6. The molecule has 2 heterocycles. The van der Waals surface area contributed by atoms with Gasteiger partial charge in [-0.2, -0.15) is 0 Å². The van der Waals surface area contributed by atoms with E-state index < -0.39 is 0 Å². The SMILES string of the molecule is CN(C(=O)c1cc2c(s1)CCOC2)C(CCO)c1ccccc1. The van der Waals surface area contributed by atoms with E-state index in [0.29, 0.717) is 13.0 Å². The zero-order chi connectivity index (χ0) is 16.2. The van der Waals surface area contributed by atoms with Crippen molar-refractivity contribution in [2.24, 2.45) is 0 Å². The van der Waals surface area contributed by atoms with Gasteiger partial charge in [-0.1, -0.05) is 30.3 Å². The van der Waals surface area contributed by atoms with Crippen molar-refractivity contribution in [3.63, 3.8) is 0 Å². The number of fused-ring (bicyclic) bond motifs is 1. The summed E-state index contributed by atoms with van der Waals surface area (Å²) < 4.78 is 5.45. The summed E-state index contributed by atoms with van der Waals surface area (Å²) in [6.07, 6.45) is 1.41. The smallest absolute Gasteiger partial charge is 0.264 e. The summed E-state index contributed by atoms with van der Waals surface area (Å²) in [7, 11) is 1.81. The number of hydrogen-bond acceptors (Lipinski definition) is 4. The van der Waals surface area contributed by atoms with Gasteiger partial charge in [-0.25, -0.2) is 0 Å². The number of carbonyl (C=O) groups is 1. The van der Waals surface area contributed by atoms with E-state index in [1.807, 2.05) is 43.4 Å². The maximum Gasteiger partial charge on any atom is 0.264 e. The van der Waals surface area contributed by atoms with Crippen LogP contribution in [0.4, 0.5) is 0 Å². The van der Waals surface area contributed by atoms with Crippen molar-refractivity contribution in [3.8, 4) is 0 Å². The van der Waals surface area contributed by atoms with E-state index in [-0.39, 0.29) is 18.6 Å². The first-order valence-corrected chi connectivity index (χ1v) is 8.64. The first-order valence-electron chi connectivity index (χ1n) is 7.83. The van der Waals surface area contributed by atoms with E-state index in [9.17, 15) is 9.90 Å². The molecule has 0 spiro atoms. The Bertz CT molecular complexity index is 645. The third-order valence-corrected chi connectivity index (χ3v) is 5.44. The third kappa shape index (κ3) is 3.47. The Labute approximate surface area is 140 Å². The highest BCUT2D eigenvalue weighted by Gasteiger charge is 2.25. The van der Waals surface area contributed by atoms with Gasteiger partial charge in [-0.05, 0) is 23.6 Å².